The Labute approximate surface area is 124 Å². The van der Waals surface area contributed by atoms with Gasteiger partial charge in [-0.15, -0.1) is 0 Å². The fourth-order valence-corrected chi connectivity index (χ4v) is 4.39. The van der Waals surface area contributed by atoms with E-state index in [1.807, 2.05) is 0 Å². The maximum absolute atomic E-state index is 6.12. The van der Waals surface area contributed by atoms with Crippen molar-refractivity contribution < 1.29 is 9.47 Å². The molecule has 0 atom stereocenters. The van der Waals surface area contributed by atoms with E-state index in [9.17, 15) is 0 Å². The predicted octanol–water partition coefficient (Wildman–Crippen LogP) is 4.63. The van der Waals surface area contributed by atoms with Gasteiger partial charge in [-0.25, -0.2) is 0 Å². The molecule has 0 aromatic heterocycles. The molecule has 3 rings (SSSR count). The molecule has 0 aromatic rings. The highest BCUT2D eigenvalue weighted by Gasteiger charge is 2.35. The normalized spacial score (nSPS) is 47.1. The standard InChI is InChI=1S/C18H32O2/c1-13-3-7-15(8-4-13)17-11-19-18(20-12-17)16-9-5-14(2)6-10-16/h13-18H,3-12H2,1-2H3. The molecule has 0 unspecified atom stereocenters. The van der Waals surface area contributed by atoms with Gasteiger partial charge in [0.25, 0.3) is 0 Å². The van der Waals surface area contributed by atoms with E-state index in [2.05, 4.69) is 13.8 Å². The van der Waals surface area contributed by atoms with Crippen LogP contribution in [0.25, 0.3) is 0 Å². The zero-order valence-electron chi connectivity index (χ0n) is 13.4. The number of ether oxygens (including phenoxy) is 2. The molecule has 2 aliphatic carbocycles. The van der Waals surface area contributed by atoms with Crippen LogP contribution in [0.2, 0.25) is 0 Å². The second kappa shape index (κ2) is 6.79. The lowest BCUT2D eigenvalue weighted by Crippen LogP contribution is -2.41. The molecular weight excluding hydrogens is 248 g/mol. The largest absolute Gasteiger partial charge is 0.352 e. The van der Waals surface area contributed by atoms with Crippen LogP contribution in [-0.2, 0) is 9.47 Å². The van der Waals surface area contributed by atoms with Gasteiger partial charge in [-0.05, 0) is 43.4 Å². The maximum atomic E-state index is 6.12. The second-order valence-electron chi connectivity index (χ2n) is 7.84. The average Bonchev–Trinajstić information content (AvgIpc) is 2.49. The number of hydrogen-bond acceptors (Lipinski definition) is 2. The summed E-state index contributed by atoms with van der Waals surface area (Å²) in [5.41, 5.74) is 0. The predicted molar refractivity (Wildman–Crippen MR) is 81.4 cm³/mol. The lowest BCUT2D eigenvalue weighted by Gasteiger charge is -2.40. The molecular formula is C18H32O2. The Bertz CT molecular complexity index is 250. The van der Waals surface area contributed by atoms with Gasteiger partial charge in [0, 0.05) is 11.8 Å². The maximum Gasteiger partial charge on any atom is 0.160 e. The van der Waals surface area contributed by atoms with E-state index in [-0.39, 0.29) is 6.29 Å². The highest BCUT2D eigenvalue weighted by molar-refractivity contribution is 4.80. The van der Waals surface area contributed by atoms with Crippen LogP contribution in [0.1, 0.15) is 65.2 Å². The van der Waals surface area contributed by atoms with Crippen molar-refractivity contribution in [2.45, 2.75) is 71.5 Å². The Balaban J connectivity index is 1.42. The minimum Gasteiger partial charge on any atom is -0.352 e. The first kappa shape index (κ1) is 14.8. The fraction of sp³-hybridized carbons (Fsp3) is 1.00. The molecule has 0 bridgehead atoms. The van der Waals surface area contributed by atoms with Crippen molar-refractivity contribution in [2.24, 2.45) is 29.6 Å². The van der Waals surface area contributed by atoms with Crippen LogP contribution in [0, 0.1) is 29.6 Å². The zero-order valence-corrected chi connectivity index (χ0v) is 13.4. The van der Waals surface area contributed by atoms with E-state index >= 15 is 0 Å². The monoisotopic (exact) mass is 280 g/mol. The van der Waals surface area contributed by atoms with Gasteiger partial charge in [-0.1, -0.05) is 39.5 Å². The van der Waals surface area contributed by atoms with Gasteiger partial charge in [0.2, 0.25) is 0 Å². The van der Waals surface area contributed by atoms with E-state index in [1.165, 1.54) is 51.4 Å². The average molecular weight is 280 g/mol. The quantitative estimate of drug-likeness (QED) is 0.734. The fourth-order valence-electron chi connectivity index (χ4n) is 4.39. The Morgan fingerprint density at radius 1 is 0.550 bits per heavy atom. The summed E-state index contributed by atoms with van der Waals surface area (Å²) in [5.74, 6) is 4.04. The third-order valence-corrected chi connectivity index (χ3v) is 6.12. The summed E-state index contributed by atoms with van der Waals surface area (Å²) >= 11 is 0. The summed E-state index contributed by atoms with van der Waals surface area (Å²) in [7, 11) is 0. The molecule has 2 saturated carbocycles. The Hall–Kier alpha value is -0.0800. The van der Waals surface area contributed by atoms with E-state index in [4.69, 9.17) is 9.47 Å². The molecule has 3 fully saturated rings. The van der Waals surface area contributed by atoms with Gasteiger partial charge in [0.15, 0.2) is 6.29 Å². The number of hydrogen-bond donors (Lipinski definition) is 0. The van der Waals surface area contributed by atoms with Crippen LogP contribution in [0.3, 0.4) is 0 Å². The summed E-state index contributed by atoms with van der Waals surface area (Å²) in [6.45, 7) is 6.68. The zero-order chi connectivity index (χ0) is 13.9. The Morgan fingerprint density at radius 3 is 1.50 bits per heavy atom. The first-order valence-corrected chi connectivity index (χ1v) is 8.95. The number of rotatable bonds is 2. The molecule has 1 saturated heterocycles. The van der Waals surface area contributed by atoms with Crippen molar-refractivity contribution >= 4 is 0 Å². The van der Waals surface area contributed by atoms with Gasteiger partial charge >= 0.3 is 0 Å². The van der Waals surface area contributed by atoms with Crippen LogP contribution in [0.5, 0.6) is 0 Å². The van der Waals surface area contributed by atoms with E-state index in [0.29, 0.717) is 11.8 Å². The van der Waals surface area contributed by atoms with Crippen molar-refractivity contribution in [1.29, 1.82) is 0 Å². The lowest BCUT2D eigenvalue weighted by atomic mass is 9.76. The molecule has 3 aliphatic rings. The minimum absolute atomic E-state index is 0.112. The van der Waals surface area contributed by atoms with Crippen LogP contribution in [-0.4, -0.2) is 19.5 Å². The molecule has 20 heavy (non-hydrogen) atoms. The van der Waals surface area contributed by atoms with Crippen LogP contribution in [0.15, 0.2) is 0 Å². The molecule has 2 heteroatoms. The third kappa shape index (κ3) is 3.57. The van der Waals surface area contributed by atoms with Crippen molar-refractivity contribution in [3.63, 3.8) is 0 Å². The van der Waals surface area contributed by atoms with Gasteiger partial charge < -0.3 is 9.47 Å². The van der Waals surface area contributed by atoms with Crippen LogP contribution < -0.4 is 0 Å². The van der Waals surface area contributed by atoms with Crippen molar-refractivity contribution in [3.8, 4) is 0 Å². The second-order valence-corrected chi connectivity index (χ2v) is 7.84. The molecule has 1 aliphatic heterocycles. The molecule has 0 amide bonds. The first-order chi connectivity index (χ1) is 9.72. The van der Waals surface area contributed by atoms with Crippen LogP contribution >= 0.6 is 0 Å². The molecule has 0 aromatic carbocycles. The third-order valence-electron chi connectivity index (χ3n) is 6.12. The van der Waals surface area contributed by atoms with Crippen molar-refractivity contribution in [2.75, 3.05) is 13.2 Å². The Morgan fingerprint density at radius 2 is 1.00 bits per heavy atom. The highest BCUT2D eigenvalue weighted by atomic mass is 16.7. The first-order valence-electron chi connectivity index (χ1n) is 8.95. The molecule has 116 valence electrons. The molecule has 2 nitrogen and oxygen atoms in total. The molecule has 0 spiro atoms. The van der Waals surface area contributed by atoms with Gasteiger partial charge in [0.05, 0.1) is 13.2 Å². The smallest absolute Gasteiger partial charge is 0.160 e. The minimum atomic E-state index is 0.112. The van der Waals surface area contributed by atoms with Gasteiger partial charge in [-0.3, -0.25) is 0 Å². The van der Waals surface area contributed by atoms with Gasteiger partial charge in [-0.2, -0.15) is 0 Å². The topological polar surface area (TPSA) is 18.5 Å². The lowest BCUT2D eigenvalue weighted by molar-refractivity contribution is -0.237. The molecule has 0 N–H and O–H groups in total. The summed E-state index contributed by atoms with van der Waals surface area (Å²) < 4.78 is 12.2. The highest BCUT2D eigenvalue weighted by Crippen LogP contribution is 2.38. The molecule has 1 heterocycles. The summed E-state index contributed by atoms with van der Waals surface area (Å²) in [6, 6.07) is 0. The van der Waals surface area contributed by atoms with Crippen molar-refractivity contribution in [1.82, 2.24) is 0 Å². The van der Waals surface area contributed by atoms with E-state index in [0.717, 1.165) is 31.0 Å². The summed E-state index contributed by atoms with van der Waals surface area (Å²) in [6.07, 6.45) is 11.0. The Kier molecular flexibility index (Phi) is 5.04. The summed E-state index contributed by atoms with van der Waals surface area (Å²) in [4.78, 5) is 0. The van der Waals surface area contributed by atoms with Gasteiger partial charge in [0.1, 0.15) is 0 Å². The SMILES string of the molecule is CC1CCC(C2COC(C3CCC(C)CC3)OC2)CC1. The summed E-state index contributed by atoms with van der Waals surface area (Å²) in [5, 5.41) is 0. The van der Waals surface area contributed by atoms with Crippen molar-refractivity contribution in [3.05, 3.63) is 0 Å². The van der Waals surface area contributed by atoms with E-state index in [1.54, 1.807) is 0 Å². The van der Waals surface area contributed by atoms with E-state index < -0.39 is 0 Å². The molecule has 0 radical (unpaired) electrons. The van der Waals surface area contributed by atoms with Crippen LogP contribution in [0.4, 0.5) is 0 Å².